The number of carbonyl (C=O) groups is 1. The second kappa shape index (κ2) is 7.72. The maximum Gasteiger partial charge on any atom is 0.337 e. The Balaban J connectivity index is 1.74. The first-order valence-corrected chi connectivity index (χ1v) is 8.90. The molecule has 2 aromatic carbocycles. The maximum absolute atomic E-state index is 11.6. The Labute approximate surface area is 155 Å². The molecule has 0 aliphatic heterocycles. The molecule has 25 heavy (non-hydrogen) atoms. The lowest BCUT2D eigenvalue weighted by molar-refractivity contribution is 0.0600. The number of ether oxygens (including phenoxy) is 1. The Morgan fingerprint density at radius 2 is 1.96 bits per heavy atom. The fraction of sp³-hybridized carbons (Fsp3) is 0.167. The monoisotopic (exact) mass is 373 g/mol. The van der Waals surface area contributed by atoms with Crippen molar-refractivity contribution in [3.05, 3.63) is 64.7 Å². The van der Waals surface area contributed by atoms with E-state index < -0.39 is 0 Å². The highest BCUT2D eigenvalue weighted by molar-refractivity contribution is 7.98. The second-order valence-electron chi connectivity index (χ2n) is 5.35. The Morgan fingerprint density at radius 1 is 1.20 bits per heavy atom. The first-order chi connectivity index (χ1) is 12.1. The summed E-state index contributed by atoms with van der Waals surface area (Å²) < 4.78 is 6.69. The van der Waals surface area contributed by atoms with E-state index in [2.05, 4.69) is 10.2 Å². The lowest BCUT2D eigenvalue weighted by atomic mass is 10.1. The Morgan fingerprint density at radius 3 is 2.68 bits per heavy atom. The molecule has 3 aromatic rings. The van der Waals surface area contributed by atoms with Crippen LogP contribution in [0.1, 0.15) is 15.9 Å². The highest BCUT2D eigenvalue weighted by Gasteiger charge is 2.12. The fourth-order valence-electron chi connectivity index (χ4n) is 2.34. The first kappa shape index (κ1) is 17.5. The standard InChI is InChI=1S/C18H16ClN3O2S/c1-22-16(13-6-8-15(19)9-7-13)20-21-18(22)25-11-12-4-3-5-14(10-12)17(23)24-2/h3-10H,11H2,1-2H3. The van der Waals surface area contributed by atoms with Crippen LogP contribution in [0.5, 0.6) is 0 Å². The molecule has 0 saturated heterocycles. The molecule has 1 aromatic heterocycles. The molecule has 0 atom stereocenters. The third kappa shape index (κ3) is 4.03. The number of carbonyl (C=O) groups excluding carboxylic acids is 1. The van der Waals surface area contributed by atoms with Crippen LogP contribution in [-0.2, 0) is 17.5 Å². The zero-order valence-corrected chi connectivity index (χ0v) is 15.3. The van der Waals surface area contributed by atoms with E-state index in [1.807, 2.05) is 54.1 Å². The molecular formula is C18H16ClN3O2S. The average molecular weight is 374 g/mol. The smallest absolute Gasteiger partial charge is 0.337 e. The van der Waals surface area contributed by atoms with Gasteiger partial charge in [-0.05, 0) is 42.0 Å². The lowest BCUT2D eigenvalue weighted by Gasteiger charge is -2.05. The molecule has 3 rings (SSSR count). The lowest BCUT2D eigenvalue weighted by Crippen LogP contribution is -2.01. The molecule has 0 saturated carbocycles. The predicted octanol–water partition coefficient (Wildman–Crippen LogP) is 4.21. The summed E-state index contributed by atoms with van der Waals surface area (Å²) in [7, 11) is 3.30. The Hall–Kier alpha value is -2.31. The van der Waals surface area contributed by atoms with Gasteiger partial charge in [-0.1, -0.05) is 35.5 Å². The van der Waals surface area contributed by atoms with Crippen LogP contribution in [-0.4, -0.2) is 27.8 Å². The molecule has 5 nitrogen and oxygen atoms in total. The first-order valence-electron chi connectivity index (χ1n) is 7.54. The van der Waals surface area contributed by atoms with E-state index in [0.717, 1.165) is 22.1 Å². The molecule has 0 unspecified atom stereocenters. The molecule has 0 radical (unpaired) electrons. The summed E-state index contributed by atoms with van der Waals surface area (Å²) in [4.78, 5) is 11.6. The molecule has 0 N–H and O–H groups in total. The molecule has 0 fully saturated rings. The summed E-state index contributed by atoms with van der Waals surface area (Å²) in [5.41, 5.74) is 2.52. The van der Waals surface area contributed by atoms with Gasteiger partial charge in [0.25, 0.3) is 0 Å². The summed E-state index contributed by atoms with van der Waals surface area (Å²) in [6, 6.07) is 14.9. The van der Waals surface area contributed by atoms with Gasteiger partial charge >= 0.3 is 5.97 Å². The molecule has 0 aliphatic carbocycles. The zero-order chi connectivity index (χ0) is 17.8. The van der Waals surface area contributed by atoms with Gasteiger partial charge in [0.1, 0.15) is 0 Å². The topological polar surface area (TPSA) is 57.0 Å². The largest absolute Gasteiger partial charge is 0.465 e. The highest BCUT2D eigenvalue weighted by Crippen LogP contribution is 2.26. The van der Waals surface area contributed by atoms with Crippen LogP contribution >= 0.6 is 23.4 Å². The Bertz CT molecular complexity index is 894. The third-order valence-corrected chi connectivity index (χ3v) is 5.00. The number of esters is 1. The van der Waals surface area contributed by atoms with E-state index in [4.69, 9.17) is 16.3 Å². The summed E-state index contributed by atoms with van der Waals surface area (Å²) in [6.45, 7) is 0. The molecule has 0 aliphatic rings. The predicted molar refractivity (Wildman–Crippen MR) is 98.8 cm³/mol. The van der Waals surface area contributed by atoms with Crippen LogP contribution in [0.25, 0.3) is 11.4 Å². The number of benzene rings is 2. The van der Waals surface area contributed by atoms with Crippen LogP contribution < -0.4 is 0 Å². The van der Waals surface area contributed by atoms with Crippen molar-refractivity contribution in [3.63, 3.8) is 0 Å². The van der Waals surface area contributed by atoms with Crippen molar-refractivity contribution in [3.8, 4) is 11.4 Å². The number of rotatable bonds is 5. The van der Waals surface area contributed by atoms with E-state index in [1.54, 1.807) is 17.8 Å². The van der Waals surface area contributed by atoms with Gasteiger partial charge in [0.05, 0.1) is 12.7 Å². The molecule has 128 valence electrons. The van der Waals surface area contributed by atoms with Gasteiger partial charge in [-0.3, -0.25) is 0 Å². The number of halogens is 1. The van der Waals surface area contributed by atoms with E-state index in [1.165, 1.54) is 7.11 Å². The average Bonchev–Trinajstić information content (AvgIpc) is 3.01. The number of hydrogen-bond acceptors (Lipinski definition) is 5. The summed E-state index contributed by atoms with van der Waals surface area (Å²) >= 11 is 7.49. The minimum atomic E-state index is -0.337. The molecular weight excluding hydrogens is 358 g/mol. The maximum atomic E-state index is 11.6. The summed E-state index contributed by atoms with van der Waals surface area (Å²) in [6.07, 6.45) is 0. The van der Waals surface area contributed by atoms with Gasteiger partial charge in [-0.2, -0.15) is 0 Å². The second-order valence-corrected chi connectivity index (χ2v) is 6.73. The van der Waals surface area contributed by atoms with Crippen molar-refractivity contribution in [1.29, 1.82) is 0 Å². The van der Waals surface area contributed by atoms with Crippen molar-refractivity contribution in [2.45, 2.75) is 10.9 Å². The van der Waals surface area contributed by atoms with E-state index >= 15 is 0 Å². The van der Waals surface area contributed by atoms with Crippen molar-refractivity contribution >= 4 is 29.3 Å². The van der Waals surface area contributed by atoms with Crippen molar-refractivity contribution in [2.75, 3.05) is 7.11 Å². The zero-order valence-electron chi connectivity index (χ0n) is 13.8. The quantitative estimate of drug-likeness (QED) is 0.495. The minimum absolute atomic E-state index is 0.337. The molecule has 0 amide bonds. The van der Waals surface area contributed by atoms with Crippen LogP contribution in [0.2, 0.25) is 5.02 Å². The molecule has 7 heteroatoms. The minimum Gasteiger partial charge on any atom is -0.465 e. The third-order valence-electron chi connectivity index (χ3n) is 3.65. The van der Waals surface area contributed by atoms with Crippen LogP contribution in [0.4, 0.5) is 0 Å². The summed E-state index contributed by atoms with van der Waals surface area (Å²) in [5.74, 6) is 1.12. The van der Waals surface area contributed by atoms with Gasteiger partial charge in [0, 0.05) is 23.4 Å². The normalized spacial score (nSPS) is 10.7. The van der Waals surface area contributed by atoms with Crippen molar-refractivity contribution in [2.24, 2.45) is 7.05 Å². The van der Waals surface area contributed by atoms with E-state index in [0.29, 0.717) is 16.3 Å². The number of hydrogen-bond donors (Lipinski definition) is 0. The van der Waals surface area contributed by atoms with Gasteiger partial charge in [0.2, 0.25) is 0 Å². The number of thioether (sulfide) groups is 1. The number of aromatic nitrogens is 3. The number of nitrogens with zero attached hydrogens (tertiary/aromatic N) is 3. The van der Waals surface area contributed by atoms with Gasteiger partial charge in [-0.15, -0.1) is 10.2 Å². The fourth-order valence-corrected chi connectivity index (χ4v) is 3.32. The van der Waals surface area contributed by atoms with Crippen LogP contribution in [0.15, 0.2) is 53.7 Å². The Kier molecular flexibility index (Phi) is 5.40. The summed E-state index contributed by atoms with van der Waals surface area (Å²) in [5, 5.41) is 10.0. The van der Waals surface area contributed by atoms with Crippen LogP contribution in [0, 0.1) is 0 Å². The van der Waals surface area contributed by atoms with Gasteiger partial charge in [-0.25, -0.2) is 4.79 Å². The van der Waals surface area contributed by atoms with Crippen molar-refractivity contribution in [1.82, 2.24) is 14.8 Å². The highest BCUT2D eigenvalue weighted by atomic mass is 35.5. The van der Waals surface area contributed by atoms with E-state index in [9.17, 15) is 4.79 Å². The molecule has 1 heterocycles. The van der Waals surface area contributed by atoms with Crippen molar-refractivity contribution < 1.29 is 9.53 Å². The number of methoxy groups -OCH3 is 1. The van der Waals surface area contributed by atoms with Gasteiger partial charge in [0.15, 0.2) is 11.0 Å². The van der Waals surface area contributed by atoms with Gasteiger partial charge < -0.3 is 9.30 Å². The SMILES string of the molecule is COC(=O)c1cccc(CSc2nnc(-c3ccc(Cl)cc3)n2C)c1. The molecule has 0 spiro atoms. The van der Waals surface area contributed by atoms with E-state index in [-0.39, 0.29) is 5.97 Å². The molecule has 0 bridgehead atoms. The van der Waals surface area contributed by atoms with Crippen LogP contribution in [0.3, 0.4) is 0 Å².